The zero-order chi connectivity index (χ0) is 20.1. The Hall–Kier alpha value is -2.97. The van der Waals surface area contributed by atoms with Gasteiger partial charge in [0.25, 0.3) is 0 Å². The van der Waals surface area contributed by atoms with E-state index in [-0.39, 0.29) is 18.0 Å². The van der Waals surface area contributed by atoms with Crippen LogP contribution in [0.5, 0.6) is 0 Å². The minimum absolute atomic E-state index is 0.190. The molecule has 0 aliphatic heterocycles. The van der Waals surface area contributed by atoms with Crippen molar-refractivity contribution in [3.8, 4) is 16.4 Å². The van der Waals surface area contributed by atoms with Gasteiger partial charge in [-0.2, -0.15) is 0 Å². The van der Waals surface area contributed by atoms with E-state index in [4.69, 9.17) is 0 Å². The smallest absolute Gasteiger partial charge is 0.225 e. The molecule has 2 aromatic heterocycles. The van der Waals surface area contributed by atoms with E-state index < -0.39 is 5.82 Å². The van der Waals surface area contributed by atoms with Crippen molar-refractivity contribution in [1.29, 1.82) is 0 Å². The van der Waals surface area contributed by atoms with Gasteiger partial charge in [0.15, 0.2) is 11.0 Å². The molecule has 2 aromatic carbocycles. The monoisotopic (exact) mass is 424 g/mol. The average molecular weight is 425 g/mol. The number of para-hydroxylation sites is 2. The van der Waals surface area contributed by atoms with Crippen molar-refractivity contribution in [3.63, 3.8) is 0 Å². The third kappa shape index (κ3) is 4.55. The Bertz CT molecular complexity index is 1100. The lowest BCUT2D eigenvalue weighted by molar-refractivity contribution is -0.115. The van der Waals surface area contributed by atoms with Crippen molar-refractivity contribution < 1.29 is 9.18 Å². The van der Waals surface area contributed by atoms with Gasteiger partial charge in [0.05, 0.1) is 10.6 Å². The highest BCUT2D eigenvalue weighted by molar-refractivity contribution is 7.99. The molecule has 8 heteroatoms. The topological polar surface area (TPSA) is 59.8 Å². The maximum absolute atomic E-state index is 13.7. The number of rotatable bonds is 7. The number of carbonyl (C=O) groups excluding carboxylic acids is 1. The van der Waals surface area contributed by atoms with Gasteiger partial charge in [-0.25, -0.2) is 4.39 Å². The first-order valence-corrected chi connectivity index (χ1v) is 10.8. The number of anilines is 1. The number of thioether (sulfide) groups is 1. The van der Waals surface area contributed by atoms with E-state index in [0.29, 0.717) is 10.9 Å². The van der Waals surface area contributed by atoms with Crippen LogP contribution in [0.4, 0.5) is 10.1 Å². The molecule has 0 fully saturated rings. The van der Waals surface area contributed by atoms with Crippen LogP contribution in [0, 0.1) is 5.82 Å². The zero-order valence-electron chi connectivity index (χ0n) is 15.3. The number of nitrogens with one attached hydrogen (secondary N) is 1. The summed E-state index contributed by atoms with van der Waals surface area (Å²) in [5.74, 6) is 0.574. The highest BCUT2D eigenvalue weighted by Crippen LogP contribution is 2.30. The van der Waals surface area contributed by atoms with Crippen LogP contribution >= 0.6 is 23.1 Å². The number of carbonyl (C=O) groups is 1. The summed E-state index contributed by atoms with van der Waals surface area (Å²) in [6.07, 6.45) is 0.231. The lowest BCUT2D eigenvalue weighted by Gasteiger charge is -2.09. The second-order valence-corrected chi connectivity index (χ2v) is 8.09. The van der Waals surface area contributed by atoms with Crippen LogP contribution in [0.15, 0.2) is 77.3 Å². The van der Waals surface area contributed by atoms with Crippen molar-refractivity contribution >= 4 is 34.7 Å². The van der Waals surface area contributed by atoms with Crippen molar-refractivity contribution in [2.24, 2.45) is 0 Å². The molecular weight excluding hydrogens is 407 g/mol. The number of thiophene rings is 1. The predicted molar refractivity (Wildman–Crippen MR) is 115 cm³/mol. The number of benzene rings is 2. The summed E-state index contributed by atoms with van der Waals surface area (Å²) in [5.41, 5.74) is 1.15. The van der Waals surface area contributed by atoms with E-state index in [9.17, 15) is 9.18 Å². The van der Waals surface area contributed by atoms with Gasteiger partial charge in [-0.3, -0.25) is 9.36 Å². The fourth-order valence-electron chi connectivity index (χ4n) is 2.75. The molecule has 0 saturated carbocycles. The van der Waals surface area contributed by atoms with E-state index in [0.717, 1.165) is 16.4 Å². The number of halogens is 1. The molecule has 29 heavy (non-hydrogen) atoms. The normalized spacial score (nSPS) is 10.8. The molecule has 0 aliphatic rings. The van der Waals surface area contributed by atoms with Crippen LogP contribution in [0.25, 0.3) is 16.4 Å². The molecule has 0 aliphatic carbocycles. The maximum atomic E-state index is 13.7. The number of hydrogen-bond donors (Lipinski definition) is 1. The first-order valence-electron chi connectivity index (χ1n) is 8.94. The Morgan fingerprint density at radius 2 is 1.83 bits per heavy atom. The summed E-state index contributed by atoms with van der Waals surface area (Å²) in [4.78, 5) is 13.2. The van der Waals surface area contributed by atoms with E-state index in [1.165, 1.54) is 17.8 Å². The van der Waals surface area contributed by atoms with Crippen LogP contribution in [0.3, 0.4) is 0 Å². The molecule has 2 heterocycles. The molecular formula is C21H17FN4OS2. The molecule has 1 N–H and O–H groups in total. The highest BCUT2D eigenvalue weighted by atomic mass is 32.2. The summed E-state index contributed by atoms with van der Waals surface area (Å²) in [5, 5.41) is 14.0. The highest BCUT2D eigenvalue weighted by Gasteiger charge is 2.17. The third-order valence-electron chi connectivity index (χ3n) is 4.10. The standard InChI is InChI=1S/C21H17FN4OS2/c22-16-9-4-5-10-17(16)23-19(27)12-14-29-21-25-24-20(18-11-6-13-28-18)26(21)15-7-2-1-3-8-15/h1-11,13H,12,14H2,(H,23,27). The largest absolute Gasteiger partial charge is 0.324 e. The first-order chi connectivity index (χ1) is 14.2. The fraction of sp³-hybridized carbons (Fsp3) is 0.0952. The SMILES string of the molecule is O=C(CCSc1nnc(-c2cccs2)n1-c1ccccc1)Nc1ccccc1F. The van der Waals surface area contributed by atoms with Crippen LogP contribution in [-0.4, -0.2) is 26.4 Å². The molecule has 0 atom stereocenters. The fourth-order valence-corrected chi connectivity index (χ4v) is 4.34. The van der Waals surface area contributed by atoms with E-state index in [1.54, 1.807) is 29.5 Å². The van der Waals surface area contributed by atoms with Gasteiger partial charge >= 0.3 is 0 Å². The third-order valence-corrected chi connectivity index (χ3v) is 5.89. The molecule has 5 nitrogen and oxygen atoms in total. The minimum Gasteiger partial charge on any atom is -0.324 e. The number of aromatic nitrogens is 3. The number of amides is 1. The molecule has 0 unspecified atom stereocenters. The van der Waals surface area contributed by atoms with Crippen molar-refractivity contribution in [2.45, 2.75) is 11.6 Å². The molecule has 0 saturated heterocycles. The quantitative estimate of drug-likeness (QED) is 0.411. The summed E-state index contributed by atoms with van der Waals surface area (Å²) in [6.45, 7) is 0. The average Bonchev–Trinajstić information content (AvgIpc) is 3.40. The Morgan fingerprint density at radius 1 is 1.03 bits per heavy atom. The van der Waals surface area contributed by atoms with Crippen LogP contribution < -0.4 is 5.32 Å². The summed E-state index contributed by atoms with van der Waals surface area (Å²) < 4.78 is 15.7. The van der Waals surface area contributed by atoms with Crippen LogP contribution in [0.1, 0.15) is 6.42 Å². The lowest BCUT2D eigenvalue weighted by Crippen LogP contribution is -2.13. The van der Waals surface area contributed by atoms with E-state index in [2.05, 4.69) is 15.5 Å². The first kappa shape index (κ1) is 19.4. The Kier molecular flexibility index (Phi) is 6.02. The minimum atomic E-state index is -0.446. The molecule has 0 spiro atoms. The lowest BCUT2D eigenvalue weighted by atomic mass is 10.3. The maximum Gasteiger partial charge on any atom is 0.225 e. The van der Waals surface area contributed by atoms with Gasteiger partial charge in [-0.05, 0) is 35.7 Å². The van der Waals surface area contributed by atoms with Gasteiger partial charge in [0.2, 0.25) is 5.91 Å². The van der Waals surface area contributed by atoms with Crippen molar-refractivity contribution in [3.05, 3.63) is 77.9 Å². The summed E-state index contributed by atoms with van der Waals surface area (Å²) in [7, 11) is 0. The zero-order valence-corrected chi connectivity index (χ0v) is 16.9. The van der Waals surface area contributed by atoms with Gasteiger partial charge in [0.1, 0.15) is 5.82 Å². The summed E-state index contributed by atoms with van der Waals surface area (Å²) in [6, 6.07) is 20.0. The van der Waals surface area contributed by atoms with Crippen LogP contribution in [-0.2, 0) is 4.79 Å². The molecule has 0 bridgehead atoms. The van der Waals surface area contributed by atoms with Crippen molar-refractivity contribution in [2.75, 3.05) is 11.1 Å². The second kappa shape index (κ2) is 9.02. The predicted octanol–water partition coefficient (Wildman–Crippen LogP) is 5.26. The molecule has 4 aromatic rings. The van der Waals surface area contributed by atoms with E-state index in [1.807, 2.05) is 52.4 Å². The van der Waals surface area contributed by atoms with Crippen LogP contribution in [0.2, 0.25) is 0 Å². The summed E-state index contributed by atoms with van der Waals surface area (Å²) >= 11 is 3.04. The Balaban J connectivity index is 1.48. The Labute approximate surface area is 175 Å². The number of nitrogens with zero attached hydrogens (tertiary/aromatic N) is 3. The number of hydrogen-bond acceptors (Lipinski definition) is 5. The molecule has 146 valence electrons. The van der Waals surface area contributed by atoms with Gasteiger partial charge < -0.3 is 5.32 Å². The molecule has 1 amide bonds. The molecule has 0 radical (unpaired) electrons. The Morgan fingerprint density at radius 3 is 2.59 bits per heavy atom. The van der Waals surface area contributed by atoms with Gasteiger partial charge in [0, 0.05) is 17.9 Å². The second-order valence-electron chi connectivity index (χ2n) is 6.08. The van der Waals surface area contributed by atoms with Gasteiger partial charge in [-0.15, -0.1) is 21.5 Å². The molecule has 4 rings (SSSR count). The van der Waals surface area contributed by atoms with Gasteiger partial charge in [-0.1, -0.05) is 48.2 Å². The van der Waals surface area contributed by atoms with E-state index >= 15 is 0 Å². The van der Waals surface area contributed by atoms with Crippen molar-refractivity contribution in [1.82, 2.24) is 14.8 Å².